The first-order valence-electron chi connectivity index (χ1n) is 8.23. The maximum absolute atomic E-state index is 11.6. The smallest absolute Gasteiger partial charge is 0.322 e. The topological polar surface area (TPSA) is 111 Å². The summed E-state index contributed by atoms with van der Waals surface area (Å²) in [5.41, 5.74) is 1.81. The highest BCUT2D eigenvalue weighted by molar-refractivity contribution is 6.00. The average molecular weight is 367 g/mol. The van der Waals surface area contributed by atoms with Crippen LogP contribution in [0.15, 0.2) is 60.7 Å². The van der Waals surface area contributed by atoms with E-state index in [9.17, 15) is 19.7 Å². The fraction of sp³-hybridized carbons (Fsp3) is 0.158. The number of imide groups is 1. The SMILES string of the molecule is O=C1NC(=O)[C@H]([N+](=O)[O-])[C@@H](/C=C/c2ccc(OCc3ccccc3)cc2)N1. The molecule has 3 rings (SSSR count). The molecule has 1 saturated heterocycles. The van der Waals surface area contributed by atoms with Crippen LogP contribution in [0.4, 0.5) is 4.79 Å². The molecule has 138 valence electrons. The third-order valence-corrected chi connectivity index (χ3v) is 3.99. The van der Waals surface area contributed by atoms with Crippen molar-refractivity contribution in [2.75, 3.05) is 0 Å². The molecule has 0 unspecified atom stereocenters. The molecular weight excluding hydrogens is 350 g/mol. The quantitative estimate of drug-likeness (QED) is 0.600. The fourth-order valence-electron chi connectivity index (χ4n) is 2.63. The number of hydrogen-bond acceptors (Lipinski definition) is 5. The lowest BCUT2D eigenvalue weighted by Crippen LogP contribution is -2.62. The van der Waals surface area contributed by atoms with Crippen molar-refractivity contribution in [2.24, 2.45) is 0 Å². The van der Waals surface area contributed by atoms with Crippen molar-refractivity contribution in [3.05, 3.63) is 81.9 Å². The molecule has 2 N–H and O–H groups in total. The standard InChI is InChI=1S/C19H17N3O5/c23-18-17(22(25)26)16(20-19(24)21-18)11-8-13-6-9-15(10-7-13)27-12-14-4-2-1-3-5-14/h1-11,16-17H,12H2,(H2,20,21,23,24)/b11-8+/t16-,17-/m1/s1. The molecule has 1 heterocycles. The third kappa shape index (κ3) is 4.69. The van der Waals surface area contributed by atoms with E-state index in [1.165, 1.54) is 6.08 Å². The summed E-state index contributed by atoms with van der Waals surface area (Å²) >= 11 is 0. The number of nitrogens with zero attached hydrogens (tertiary/aromatic N) is 1. The molecule has 0 bridgehead atoms. The highest BCUT2D eigenvalue weighted by Crippen LogP contribution is 2.16. The van der Waals surface area contributed by atoms with Crippen molar-refractivity contribution < 1.29 is 19.2 Å². The summed E-state index contributed by atoms with van der Waals surface area (Å²) in [7, 11) is 0. The van der Waals surface area contributed by atoms with Gasteiger partial charge in [-0.3, -0.25) is 20.2 Å². The van der Waals surface area contributed by atoms with Crippen LogP contribution in [0.1, 0.15) is 11.1 Å². The molecule has 27 heavy (non-hydrogen) atoms. The summed E-state index contributed by atoms with van der Waals surface area (Å²) in [6, 6.07) is 13.5. The van der Waals surface area contributed by atoms with Crippen molar-refractivity contribution >= 4 is 18.0 Å². The van der Waals surface area contributed by atoms with Gasteiger partial charge in [-0.05, 0) is 23.3 Å². The molecule has 8 heteroatoms. The van der Waals surface area contributed by atoms with E-state index in [1.807, 2.05) is 35.6 Å². The van der Waals surface area contributed by atoms with Gasteiger partial charge in [0, 0.05) is 4.92 Å². The summed E-state index contributed by atoms with van der Waals surface area (Å²) in [5.74, 6) is -0.243. The summed E-state index contributed by atoms with van der Waals surface area (Å²) in [6.07, 6.45) is 3.05. The van der Waals surface area contributed by atoms with Gasteiger partial charge in [-0.1, -0.05) is 54.6 Å². The van der Waals surface area contributed by atoms with E-state index in [1.54, 1.807) is 30.3 Å². The van der Waals surface area contributed by atoms with E-state index in [-0.39, 0.29) is 0 Å². The highest BCUT2D eigenvalue weighted by atomic mass is 16.6. The molecule has 0 aliphatic carbocycles. The lowest BCUT2D eigenvalue weighted by atomic mass is 10.0. The number of hydrogen-bond donors (Lipinski definition) is 2. The molecular formula is C19H17N3O5. The van der Waals surface area contributed by atoms with Crippen molar-refractivity contribution in [1.29, 1.82) is 0 Å². The zero-order chi connectivity index (χ0) is 19.2. The first kappa shape index (κ1) is 18.1. The molecule has 2 atom stereocenters. The Morgan fingerprint density at radius 2 is 1.78 bits per heavy atom. The highest BCUT2D eigenvalue weighted by Gasteiger charge is 2.43. The third-order valence-electron chi connectivity index (χ3n) is 3.99. The minimum absolute atomic E-state index is 0.448. The summed E-state index contributed by atoms with van der Waals surface area (Å²) in [4.78, 5) is 33.4. The predicted molar refractivity (Wildman–Crippen MR) is 97.5 cm³/mol. The molecule has 2 aromatic rings. The van der Waals surface area contributed by atoms with Gasteiger partial charge in [-0.2, -0.15) is 0 Å². The van der Waals surface area contributed by atoms with Crippen LogP contribution in [0.2, 0.25) is 0 Å². The number of ether oxygens (including phenoxy) is 1. The van der Waals surface area contributed by atoms with Gasteiger partial charge in [0.2, 0.25) is 0 Å². The van der Waals surface area contributed by atoms with Gasteiger partial charge in [0.25, 0.3) is 0 Å². The largest absolute Gasteiger partial charge is 0.489 e. The Morgan fingerprint density at radius 3 is 2.44 bits per heavy atom. The van der Waals surface area contributed by atoms with Crippen LogP contribution < -0.4 is 15.4 Å². The number of nitrogens with one attached hydrogen (secondary N) is 2. The maximum Gasteiger partial charge on any atom is 0.322 e. The Morgan fingerprint density at radius 1 is 1.07 bits per heavy atom. The number of amides is 3. The molecule has 0 spiro atoms. The van der Waals surface area contributed by atoms with Crippen LogP contribution >= 0.6 is 0 Å². The Bertz CT molecular complexity index is 865. The van der Waals surface area contributed by atoms with Crippen LogP contribution in [-0.2, 0) is 11.4 Å². The second kappa shape index (κ2) is 8.13. The second-order valence-electron chi connectivity index (χ2n) is 5.92. The summed E-state index contributed by atoms with van der Waals surface area (Å²) < 4.78 is 5.69. The molecule has 0 aromatic heterocycles. The molecule has 1 aliphatic rings. The van der Waals surface area contributed by atoms with Gasteiger partial charge in [0.05, 0.1) is 0 Å². The molecule has 1 aliphatic heterocycles. The molecule has 2 aromatic carbocycles. The maximum atomic E-state index is 11.6. The van der Waals surface area contributed by atoms with Crippen molar-refractivity contribution in [3.8, 4) is 5.75 Å². The van der Waals surface area contributed by atoms with Crippen LogP contribution in [0.5, 0.6) is 5.75 Å². The number of urea groups is 1. The van der Waals surface area contributed by atoms with E-state index in [2.05, 4.69) is 5.32 Å². The van der Waals surface area contributed by atoms with Gasteiger partial charge in [-0.25, -0.2) is 4.79 Å². The minimum atomic E-state index is -1.56. The van der Waals surface area contributed by atoms with Gasteiger partial charge in [0.15, 0.2) is 0 Å². The first-order chi connectivity index (χ1) is 13.0. The Labute approximate surface area is 155 Å². The fourth-order valence-corrected chi connectivity index (χ4v) is 2.63. The lowest BCUT2D eigenvalue weighted by Gasteiger charge is -2.23. The second-order valence-corrected chi connectivity index (χ2v) is 5.92. The molecule has 1 fully saturated rings. The number of rotatable bonds is 6. The van der Waals surface area contributed by atoms with E-state index in [4.69, 9.17) is 4.74 Å². The Hall–Kier alpha value is -3.68. The molecule has 3 amide bonds. The summed E-state index contributed by atoms with van der Waals surface area (Å²) in [5, 5.41) is 15.3. The van der Waals surface area contributed by atoms with Gasteiger partial charge >= 0.3 is 18.0 Å². The van der Waals surface area contributed by atoms with Crippen LogP contribution in [0.3, 0.4) is 0 Å². The van der Waals surface area contributed by atoms with Crippen LogP contribution in [0.25, 0.3) is 6.08 Å². The normalized spacial score (nSPS) is 19.4. The molecule has 0 saturated carbocycles. The Kier molecular flexibility index (Phi) is 5.46. The van der Waals surface area contributed by atoms with Gasteiger partial charge in [0.1, 0.15) is 18.4 Å². The first-order valence-corrected chi connectivity index (χ1v) is 8.23. The molecule has 8 nitrogen and oxygen atoms in total. The lowest BCUT2D eigenvalue weighted by molar-refractivity contribution is -0.510. The van der Waals surface area contributed by atoms with E-state index < -0.39 is 28.9 Å². The number of benzene rings is 2. The Balaban J connectivity index is 1.63. The zero-order valence-corrected chi connectivity index (χ0v) is 14.2. The van der Waals surface area contributed by atoms with Crippen LogP contribution in [-0.4, -0.2) is 28.9 Å². The van der Waals surface area contributed by atoms with Gasteiger partial charge in [-0.15, -0.1) is 0 Å². The minimum Gasteiger partial charge on any atom is -0.489 e. The molecule has 0 radical (unpaired) electrons. The zero-order valence-electron chi connectivity index (χ0n) is 14.2. The van der Waals surface area contributed by atoms with E-state index >= 15 is 0 Å². The number of nitro groups is 1. The van der Waals surface area contributed by atoms with E-state index in [0.717, 1.165) is 11.1 Å². The van der Waals surface area contributed by atoms with E-state index in [0.29, 0.717) is 12.4 Å². The van der Waals surface area contributed by atoms with Crippen molar-refractivity contribution in [3.63, 3.8) is 0 Å². The van der Waals surface area contributed by atoms with Crippen LogP contribution in [0, 0.1) is 10.1 Å². The predicted octanol–water partition coefficient (Wildman–Crippen LogP) is 2.13. The number of carbonyl (C=O) groups excluding carboxylic acids is 2. The average Bonchev–Trinajstić information content (AvgIpc) is 2.65. The summed E-state index contributed by atoms with van der Waals surface area (Å²) in [6.45, 7) is 0.448. The van der Waals surface area contributed by atoms with Crippen molar-refractivity contribution in [2.45, 2.75) is 18.7 Å². The van der Waals surface area contributed by atoms with Gasteiger partial charge < -0.3 is 10.1 Å². The van der Waals surface area contributed by atoms with Crippen molar-refractivity contribution in [1.82, 2.24) is 10.6 Å². The monoisotopic (exact) mass is 367 g/mol. The number of carbonyl (C=O) groups is 2.